The van der Waals surface area contributed by atoms with Crippen molar-refractivity contribution < 1.29 is 38.1 Å². The lowest BCUT2D eigenvalue weighted by atomic mass is 10.00. The third-order valence-corrected chi connectivity index (χ3v) is 6.74. The summed E-state index contributed by atoms with van der Waals surface area (Å²) in [5.41, 5.74) is 4.14. The van der Waals surface area contributed by atoms with Crippen molar-refractivity contribution in [1.82, 2.24) is 0 Å². The molecule has 0 spiro atoms. The van der Waals surface area contributed by atoms with Crippen LogP contribution in [-0.2, 0) is 23.8 Å². The quantitative estimate of drug-likeness (QED) is 0.0305. The van der Waals surface area contributed by atoms with Crippen LogP contribution in [0.2, 0.25) is 0 Å². The number of ether oxygens (including phenoxy) is 5. The molecule has 0 saturated carbocycles. The highest BCUT2D eigenvalue weighted by atomic mass is 16.5. The van der Waals surface area contributed by atoms with Crippen molar-refractivity contribution in [3.63, 3.8) is 0 Å². The van der Waals surface area contributed by atoms with E-state index in [1.165, 1.54) is 6.08 Å². The molecule has 8 nitrogen and oxygen atoms in total. The molecule has 0 atom stereocenters. The molecule has 0 heterocycles. The van der Waals surface area contributed by atoms with E-state index in [0.717, 1.165) is 54.2 Å². The summed E-state index contributed by atoms with van der Waals surface area (Å²) in [4.78, 5) is 35.0. The molecule has 0 radical (unpaired) electrons. The monoisotopic (exact) mass is 636 g/mol. The summed E-state index contributed by atoms with van der Waals surface area (Å²) < 4.78 is 26.3. The summed E-state index contributed by atoms with van der Waals surface area (Å²) in [6.07, 6.45) is 9.63. The largest absolute Gasteiger partial charge is 0.494 e. The molecule has 0 aliphatic heterocycles. The highest BCUT2D eigenvalue weighted by molar-refractivity contribution is 5.91. The van der Waals surface area contributed by atoms with Gasteiger partial charge in [-0.15, -0.1) is 0 Å². The van der Waals surface area contributed by atoms with Crippen LogP contribution in [0.4, 0.5) is 0 Å². The van der Waals surface area contributed by atoms with E-state index in [4.69, 9.17) is 18.9 Å². The fourth-order valence-corrected chi connectivity index (χ4v) is 4.18. The number of rotatable bonds is 20. The SMILES string of the molecule is C=COC(=O)CCOc1ccc(OC(=O)c2ccc(-c3ccc(C(=C)/C=C\C(=C)OCCCCCCOC(=O)C=C)cc3)cc2)cc1. The Morgan fingerprint density at radius 2 is 1.21 bits per heavy atom. The third kappa shape index (κ3) is 13.1. The van der Waals surface area contributed by atoms with Crippen LogP contribution in [0.25, 0.3) is 16.7 Å². The van der Waals surface area contributed by atoms with Gasteiger partial charge in [0.15, 0.2) is 0 Å². The summed E-state index contributed by atoms with van der Waals surface area (Å²) in [6, 6.07) is 21.7. The molecule has 3 aromatic carbocycles. The molecule has 47 heavy (non-hydrogen) atoms. The number of hydrogen-bond acceptors (Lipinski definition) is 8. The zero-order chi connectivity index (χ0) is 33.9. The second-order valence-corrected chi connectivity index (χ2v) is 10.2. The van der Waals surface area contributed by atoms with Crippen LogP contribution in [0.1, 0.15) is 48.0 Å². The van der Waals surface area contributed by atoms with Crippen molar-refractivity contribution in [3.8, 4) is 22.6 Å². The topological polar surface area (TPSA) is 97.4 Å². The van der Waals surface area contributed by atoms with Crippen molar-refractivity contribution in [2.45, 2.75) is 32.1 Å². The first kappa shape index (κ1) is 35.8. The Balaban J connectivity index is 1.40. The molecule has 3 aromatic rings. The maximum Gasteiger partial charge on any atom is 0.343 e. The van der Waals surface area contributed by atoms with Gasteiger partial charge in [-0.2, -0.15) is 0 Å². The average molecular weight is 637 g/mol. The number of hydrogen-bond donors (Lipinski definition) is 0. The average Bonchev–Trinajstić information content (AvgIpc) is 3.09. The van der Waals surface area contributed by atoms with Gasteiger partial charge in [0, 0.05) is 6.08 Å². The molecule has 8 heteroatoms. The molecular formula is C39H40O8. The van der Waals surface area contributed by atoms with E-state index < -0.39 is 17.9 Å². The Morgan fingerprint density at radius 1 is 0.638 bits per heavy atom. The Kier molecular flexibility index (Phi) is 15.0. The second-order valence-electron chi connectivity index (χ2n) is 10.2. The van der Waals surface area contributed by atoms with Crippen LogP contribution in [0.5, 0.6) is 11.5 Å². The highest BCUT2D eigenvalue weighted by Gasteiger charge is 2.10. The van der Waals surface area contributed by atoms with Crippen LogP contribution < -0.4 is 9.47 Å². The second kappa shape index (κ2) is 19.7. The Bertz CT molecular complexity index is 1550. The first-order valence-corrected chi connectivity index (χ1v) is 15.2. The first-order valence-electron chi connectivity index (χ1n) is 15.2. The van der Waals surface area contributed by atoms with Crippen LogP contribution in [0, 0.1) is 0 Å². The fraction of sp³-hybridized carbons (Fsp3) is 0.205. The van der Waals surface area contributed by atoms with E-state index >= 15 is 0 Å². The van der Waals surface area contributed by atoms with Gasteiger partial charge in [-0.25, -0.2) is 9.59 Å². The highest BCUT2D eigenvalue weighted by Crippen LogP contribution is 2.24. The summed E-state index contributed by atoms with van der Waals surface area (Å²) in [7, 11) is 0. The van der Waals surface area contributed by atoms with Crippen molar-refractivity contribution in [2.24, 2.45) is 0 Å². The maximum absolute atomic E-state index is 12.7. The molecule has 0 aliphatic rings. The Hall–Kier alpha value is -5.63. The molecule has 3 rings (SSSR count). The molecule has 0 aliphatic carbocycles. The molecule has 0 N–H and O–H groups in total. The molecule has 0 amide bonds. The van der Waals surface area contributed by atoms with E-state index in [1.807, 2.05) is 42.5 Å². The lowest BCUT2D eigenvalue weighted by molar-refractivity contribution is -0.139. The van der Waals surface area contributed by atoms with Gasteiger partial charge in [-0.05, 0) is 90.4 Å². The lowest BCUT2D eigenvalue weighted by Gasteiger charge is -2.09. The van der Waals surface area contributed by atoms with Gasteiger partial charge < -0.3 is 23.7 Å². The number of allylic oxidation sites excluding steroid dienone is 3. The number of esters is 3. The fourth-order valence-electron chi connectivity index (χ4n) is 4.18. The van der Waals surface area contributed by atoms with E-state index in [2.05, 4.69) is 31.1 Å². The summed E-state index contributed by atoms with van der Waals surface area (Å²) in [6.45, 7) is 15.9. The molecule has 0 unspecified atom stereocenters. The van der Waals surface area contributed by atoms with Crippen LogP contribution in [-0.4, -0.2) is 37.7 Å². The van der Waals surface area contributed by atoms with Crippen LogP contribution in [0.15, 0.2) is 129 Å². The number of carbonyl (C=O) groups excluding carboxylic acids is 3. The third-order valence-electron chi connectivity index (χ3n) is 6.74. The zero-order valence-corrected chi connectivity index (χ0v) is 26.5. The Labute approximate surface area is 276 Å². The number of benzene rings is 3. The van der Waals surface area contributed by atoms with Gasteiger partial charge in [0.1, 0.15) is 17.3 Å². The predicted molar refractivity (Wildman–Crippen MR) is 183 cm³/mol. The lowest BCUT2D eigenvalue weighted by Crippen LogP contribution is -2.08. The van der Waals surface area contributed by atoms with Gasteiger partial charge in [0.05, 0.1) is 38.1 Å². The van der Waals surface area contributed by atoms with Gasteiger partial charge >= 0.3 is 17.9 Å². The predicted octanol–water partition coefficient (Wildman–Crippen LogP) is 8.42. The molecule has 244 valence electrons. The first-order chi connectivity index (χ1) is 22.8. The summed E-state index contributed by atoms with van der Waals surface area (Å²) >= 11 is 0. The van der Waals surface area contributed by atoms with E-state index in [9.17, 15) is 14.4 Å². The molecular weight excluding hydrogens is 596 g/mol. The minimum absolute atomic E-state index is 0.0888. The van der Waals surface area contributed by atoms with Gasteiger partial charge in [0.25, 0.3) is 0 Å². The Morgan fingerprint density at radius 3 is 1.81 bits per heavy atom. The standard InChI is InChI=1S/C39H40O8/c1-5-37(40)46-27-10-8-7-9-26-44-30(4)12-11-29(3)31-13-15-32(16-14-31)33-17-19-34(20-18-33)39(42)47-36-23-21-35(22-24-36)45-28-25-38(41)43-6-2/h5-6,11-24H,1-4,7-10,25-28H2/b12-11-. The minimum atomic E-state index is -0.481. The van der Waals surface area contributed by atoms with Crippen LogP contribution in [0.3, 0.4) is 0 Å². The molecule has 0 bridgehead atoms. The number of carbonyl (C=O) groups is 3. The van der Waals surface area contributed by atoms with E-state index in [-0.39, 0.29) is 13.0 Å². The number of unbranched alkanes of at least 4 members (excludes halogenated alkanes) is 3. The zero-order valence-electron chi connectivity index (χ0n) is 26.5. The van der Waals surface area contributed by atoms with Gasteiger partial charge in [-0.1, -0.05) is 68.8 Å². The maximum atomic E-state index is 12.7. The summed E-state index contributed by atoms with van der Waals surface area (Å²) in [5, 5.41) is 0. The van der Waals surface area contributed by atoms with E-state index in [0.29, 0.717) is 36.0 Å². The molecule has 0 aromatic heterocycles. The molecule has 0 fully saturated rings. The normalized spacial score (nSPS) is 10.5. The smallest absolute Gasteiger partial charge is 0.343 e. The van der Waals surface area contributed by atoms with Crippen LogP contribution >= 0.6 is 0 Å². The van der Waals surface area contributed by atoms with Crippen molar-refractivity contribution in [2.75, 3.05) is 19.8 Å². The van der Waals surface area contributed by atoms with Crippen molar-refractivity contribution in [1.29, 1.82) is 0 Å². The molecule has 0 saturated heterocycles. The van der Waals surface area contributed by atoms with E-state index in [1.54, 1.807) is 42.5 Å². The van der Waals surface area contributed by atoms with Crippen molar-refractivity contribution >= 4 is 23.5 Å². The van der Waals surface area contributed by atoms with Gasteiger partial charge in [0.2, 0.25) is 0 Å². The van der Waals surface area contributed by atoms with Crippen molar-refractivity contribution in [3.05, 3.63) is 140 Å². The summed E-state index contributed by atoms with van der Waals surface area (Å²) in [5.74, 6) is 0.165. The minimum Gasteiger partial charge on any atom is -0.494 e. The van der Waals surface area contributed by atoms with Gasteiger partial charge in [-0.3, -0.25) is 4.79 Å².